The van der Waals surface area contributed by atoms with Crippen LogP contribution in [0.4, 0.5) is 0 Å². The highest BCUT2D eigenvalue weighted by atomic mass is 16.2. The maximum Gasteiger partial charge on any atom is 0.237 e. The Morgan fingerprint density at radius 3 is 2.79 bits per heavy atom. The first-order valence-corrected chi connectivity index (χ1v) is 8.67. The summed E-state index contributed by atoms with van der Waals surface area (Å²) in [5.74, 6) is -0.450. The summed E-state index contributed by atoms with van der Waals surface area (Å²) in [6.45, 7) is 1.41. The molecule has 0 radical (unpaired) electrons. The van der Waals surface area contributed by atoms with E-state index in [4.69, 9.17) is 0 Å². The molecule has 24 heavy (non-hydrogen) atoms. The van der Waals surface area contributed by atoms with Crippen LogP contribution in [0.1, 0.15) is 30.0 Å². The number of nitrogens with one attached hydrogen (secondary N) is 1. The third kappa shape index (κ3) is 2.26. The average molecular weight is 325 g/mol. The van der Waals surface area contributed by atoms with Crippen LogP contribution in [-0.2, 0) is 16.0 Å². The smallest absolute Gasteiger partial charge is 0.237 e. The Labute approximate surface area is 141 Å². The number of para-hydroxylation sites is 1. The monoisotopic (exact) mass is 325 g/mol. The van der Waals surface area contributed by atoms with Gasteiger partial charge in [0, 0.05) is 23.1 Å². The Morgan fingerprint density at radius 1 is 1.21 bits per heavy atom. The van der Waals surface area contributed by atoms with Crippen molar-refractivity contribution in [2.45, 2.75) is 25.2 Å². The molecule has 5 nitrogen and oxygen atoms in total. The van der Waals surface area contributed by atoms with Crippen LogP contribution >= 0.6 is 0 Å². The average Bonchev–Trinajstić information content (AvgIpc) is 3.05. The van der Waals surface area contributed by atoms with E-state index in [0.29, 0.717) is 6.54 Å². The van der Waals surface area contributed by atoms with Gasteiger partial charge in [0.1, 0.15) is 0 Å². The van der Waals surface area contributed by atoms with Crippen molar-refractivity contribution < 1.29 is 9.59 Å². The van der Waals surface area contributed by atoms with Crippen molar-refractivity contribution in [1.29, 1.82) is 0 Å². The molecule has 2 aliphatic rings. The SMILES string of the molecule is CN(C)CCCN1C(=O)[C@@H]2CCc3[nH]c4ccccc4c3[C@@H]2C1=O. The predicted molar refractivity (Wildman–Crippen MR) is 92.7 cm³/mol. The van der Waals surface area contributed by atoms with Crippen LogP contribution in [0.25, 0.3) is 10.9 Å². The largest absolute Gasteiger partial charge is 0.358 e. The highest BCUT2D eigenvalue weighted by Crippen LogP contribution is 2.45. The fourth-order valence-electron chi connectivity index (χ4n) is 4.24. The number of aromatic amines is 1. The third-order valence-electron chi connectivity index (χ3n) is 5.35. The van der Waals surface area contributed by atoms with Crippen LogP contribution in [0.3, 0.4) is 0 Å². The van der Waals surface area contributed by atoms with Crippen molar-refractivity contribution in [2.24, 2.45) is 5.92 Å². The summed E-state index contributed by atoms with van der Waals surface area (Å²) in [4.78, 5) is 32.8. The number of carbonyl (C=O) groups is 2. The van der Waals surface area contributed by atoms with Gasteiger partial charge in [0.25, 0.3) is 0 Å². The second-order valence-corrected chi connectivity index (χ2v) is 7.17. The molecule has 1 saturated heterocycles. The maximum atomic E-state index is 13.0. The van der Waals surface area contributed by atoms with Gasteiger partial charge in [-0.3, -0.25) is 14.5 Å². The molecule has 2 amide bonds. The second kappa shape index (κ2) is 5.74. The Balaban J connectivity index is 1.68. The fourth-order valence-corrected chi connectivity index (χ4v) is 4.24. The van der Waals surface area contributed by atoms with Gasteiger partial charge >= 0.3 is 0 Å². The van der Waals surface area contributed by atoms with E-state index in [1.165, 1.54) is 4.90 Å². The molecule has 1 N–H and O–H groups in total. The van der Waals surface area contributed by atoms with E-state index in [1.54, 1.807) is 0 Å². The topological polar surface area (TPSA) is 56.4 Å². The first-order valence-electron chi connectivity index (χ1n) is 8.67. The quantitative estimate of drug-likeness (QED) is 0.876. The van der Waals surface area contributed by atoms with Crippen LogP contribution in [0.5, 0.6) is 0 Å². The number of aromatic nitrogens is 1. The Hall–Kier alpha value is -2.14. The van der Waals surface area contributed by atoms with Crippen molar-refractivity contribution in [1.82, 2.24) is 14.8 Å². The molecule has 1 aliphatic carbocycles. The third-order valence-corrected chi connectivity index (χ3v) is 5.35. The number of benzene rings is 1. The second-order valence-electron chi connectivity index (χ2n) is 7.17. The number of likely N-dealkylation sites (tertiary alicyclic amines) is 1. The van der Waals surface area contributed by atoms with Crippen molar-refractivity contribution >= 4 is 22.7 Å². The molecule has 2 atom stereocenters. The molecule has 0 spiro atoms. The van der Waals surface area contributed by atoms with Gasteiger partial charge < -0.3 is 9.88 Å². The van der Waals surface area contributed by atoms with Gasteiger partial charge in [-0.2, -0.15) is 0 Å². The van der Waals surface area contributed by atoms with Crippen LogP contribution in [0.2, 0.25) is 0 Å². The molecular weight excluding hydrogens is 302 g/mol. The number of H-pyrrole nitrogens is 1. The standard InChI is InChI=1S/C19H23N3O2/c1-21(2)10-5-11-22-18(23)13-8-9-15-16(17(13)19(22)24)12-6-3-4-7-14(12)20-15/h3-4,6-7,13,17,20H,5,8-11H2,1-2H3/t13-,17-/m1/s1. The molecule has 2 heterocycles. The summed E-state index contributed by atoms with van der Waals surface area (Å²) in [6.07, 6.45) is 2.43. The van der Waals surface area contributed by atoms with Crippen molar-refractivity contribution in [2.75, 3.05) is 27.2 Å². The van der Waals surface area contributed by atoms with E-state index < -0.39 is 0 Å². The molecule has 1 aromatic carbocycles. The zero-order chi connectivity index (χ0) is 16.8. The van der Waals surface area contributed by atoms with Gasteiger partial charge in [-0.25, -0.2) is 0 Å². The lowest BCUT2D eigenvalue weighted by atomic mass is 9.78. The van der Waals surface area contributed by atoms with E-state index >= 15 is 0 Å². The van der Waals surface area contributed by atoms with Gasteiger partial charge in [-0.1, -0.05) is 18.2 Å². The van der Waals surface area contributed by atoms with E-state index in [1.807, 2.05) is 32.3 Å². The number of amides is 2. The summed E-state index contributed by atoms with van der Waals surface area (Å²) >= 11 is 0. The first kappa shape index (κ1) is 15.4. The lowest BCUT2D eigenvalue weighted by Crippen LogP contribution is -2.33. The molecular formula is C19H23N3O2. The summed E-state index contributed by atoms with van der Waals surface area (Å²) in [5, 5.41) is 1.10. The highest BCUT2D eigenvalue weighted by Gasteiger charge is 2.51. The molecule has 1 aliphatic heterocycles. The van der Waals surface area contributed by atoms with Crippen LogP contribution < -0.4 is 0 Å². The molecule has 5 heteroatoms. The van der Waals surface area contributed by atoms with Crippen molar-refractivity contribution in [3.63, 3.8) is 0 Å². The number of carbonyl (C=O) groups excluding carboxylic acids is 2. The van der Waals surface area contributed by atoms with E-state index in [2.05, 4.69) is 16.0 Å². The van der Waals surface area contributed by atoms with Crippen molar-refractivity contribution in [3.05, 3.63) is 35.5 Å². The number of rotatable bonds is 4. The molecule has 0 bridgehead atoms. The van der Waals surface area contributed by atoms with Gasteiger partial charge in [-0.05, 0) is 51.5 Å². The lowest BCUT2D eigenvalue weighted by molar-refractivity contribution is -0.139. The van der Waals surface area contributed by atoms with E-state index in [-0.39, 0.29) is 23.7 Å². The van der Waals surface area contributed by atoms with Gasteiger partial charge in [-0.15, -0.1) is 0 Å². The summed E-state index contributed by atoms with van der Waals surface area (Å²) in [6, 6.07) is 8.09. The van der Waals surface area contributed by atoms with Crippen LogP contribution in [0.15, 0.2) is 24.3 Å². The summed E-state index contributed by atoms with van der Waals surface area (Å²) in [5.41, 5.74) is 3.26. The molecule has 126 valence electrons. The van der Waals surface area contributed by atoms with Crippen LogP contribution in [0, 0.1) is 5.92 Å². The Morgan fingerprint density at radius 2 is 2.00 bits per heavy atom. The van der Waals surface area contributed by atoms with Gasteiger partial charge in [0.2, 0.25) is 11.8 Å². The fraction of sp³-hybridized carbons (Fsp3) is 0.474. The number of fused-ring (bicyclic) bond motifs is 5. The normalized spacial score (nSPS) is 23.2. The molecule has 4 rings (SSSR count). The molecule has 1 fully saturated rings. The Bertz CT molecular complexity index is 808. The zero-order valence-corrected chi connectivity index (χ0v) is 14.2. The molecule has 0 unspecified atom stereocenters. The Kier molecular flexibility index (Phi) is 3.68. The van der Waals surface area contributed by atoms with Crippen LogP contribution in [-0.4, -0.2) is 53.8 Å². The van der Waals surface area contributed by atoms with Crippen molar-refractivity contribution in [3.8, 4) is 0 Å². The summed E-state index contributed by atoms with van der Waals surface area (Å²) < 4.78 is 0. The lowest BCUT2D eigenvalue weighted by Gasteiger charge is -2.21. The number of nitrogens with zero attached hydrogens (tertiary/aromatic N) is 2. The maximum absolute atomic E-state index is 13.0. The highest BCUT2D eigenvalue weighted by molar-refractivity contribution is 6.10. The number of hydrogen-bond acceptors (Lipinski definition) is 3. The minimum atomic E-state index is -0.295. The van der Waals surface area contributed by atoms with E-state index in [0.717, 1.165) is 48.0 Å². The van der Waals surface area contributed by atoms with Gasteiger partial charge in [0.15, 0.2) is 0 Å². The predicted octanol–water partition coefficient (Wildman–Crippen LogP) is 2.13. The molecule has 2 aromatic rings. The number of imide groups is 1. The van der Waals surface area contributed by atoms with E-state index in [9.17, 15) is 9.59 Å². The zero-order valence-electron chi connectivity index (χ0n) is 14.2. The number of hydrogen-bond donors (Lipinski definition) is 1. The molecule has 1 aromatic heterocycles. The summed E-state index contributed by atoms with van der Waals surface area (Å²) in [7, 11) is 4.01. The minimum Gasteiger partial charge on any atom is -0.358 e. The van der Waals surface area contributed by atoms with Gasteiger partial charge in [0.05, 0.1) is 11.8 Å². The minimum absolute atomic E-state index is 0.00513. The molecule has 0 saturated carbocycles. The number of aryl methyl sites for hydroxylation is 1. The first-order chi connectivity index (χ1) is 11.6.